The molecule has 0 aliphatic rings. The molecule has 0 saturated heterocycles. The van der Waals surface area contributed by atoms with Crippen molar-refractivity contribution in [1.82, 2.24) is 15.3 Å². The molecule has 1 aromatic heterocycles. The van der Waals surface area contributed by atoms with E-state index in [0.29, 0.717) is 0 Å². The summed E-state index contributed by atoms with van der Waals surface area (Å²) >= 11 is 0. The Hall–Kier alpha value is -1.70. The van der Waals surface area contributed by atoms with Crippen molar-refractivity contribution in [1.29, 1.82) is 0 Å². The third-order valence-electron chi connectivity index (χ3n) is 2.21. The van der Waals surface area contributed by atoms with Crippen LogP contribution in [0.25, 0.3) is 11.0 Å². The molecule has 0 amide bonds. The zero-order valence-electron chi connectivity index (χ0n) is 8.91. The number of aromatic nitrogens is 2. The average molecular weight is 265 g/mol. The lowest BCUT2D eigenvalue weighted by atomic mass is 10.3. The Balaban J connectivity index is 2.13. The van der Waals surface area contributed by atoms with Gasteiger partial charge < -0.3 is 10.3 Å². The number of hydrogen-bond donors (Lipinski definition) is 2. The van der Waals surface area contributed by atoms with E-state index < -0.39 is 24.4 Å². The van der Waals surface area contributed by atoms with Crippen molar-refractivity contribution in [2.24, 2.45) is 0 Å². The molecule has 3 nitrogen and oxygen atoms in total. The largest absolute Gasteiger partial charge is 0.401 e. The number of nitrogens with one attached hydrogen (secondary N) is 2. The van der Waals surface area contributed by atoms with Crippen molar-refractivity contribution in [3.8, 4) is 0 Å². The minimum atomic E-state index is -4.33. The Kier molecular flexibility index (Phi) is 3.20. The second-order valence-corrected chi connectivity index (χ2v) is 3.66. The number of imidazole rings is 1. The first kappa shape index (κ1) is 12.7. The lowest BCUT2D eigenvalue weighted by molar-refractivity contribution is -0.125. The third kappa shape index (κ3) is 2.76. The highest BCUT2D eigenvalue weighted by molar-refractivity contribution is 5.75. The van der Waals surface area contributed by atoms with Crippen LogP contribution in [0.2, 0.25) is 0 Å². The van der Waals surface area contributed by atoms with Gasteiger partial charge in [0.25, 0.3) is 0 Å². The zero-order valence-corrected chi connectivity index (χ0v) is 8.91. The molecule has 8 heteroatoms. The van der Waals surface area contributed by atoms with Gasteiger partial charge in [0.15, 0.2) is 11.6 Å². The number of H-pyrrole nitrogens is 1. The van der Waals surface area contributed by atoms with E-state index in [-0.39, 0.29) is 23.4 Å². The Morgan fingerprint density at radius 1 is 1.22 bits per heavy atom. The van der Waals surface area contributed by atoms with Crippen LogP contribution in [0.15, 0.2) is 12.1 Å². The fourth-order valence-corrected chi connectivity index (χ4v) is 1.47. The van der Waals surface area contributed by atoms with Crippen LogP contribution in [0.1, 0.15) is 5.82 Å². The van der Waals surface area contributed by atoms with Crippen molar-refractivity contribution in [2.75, 3.05) is 6.54 Å². The molecule has 2 rings (SSSR count). The molecule has 0 atom stereocenters. The molecule has 18 heavy (non-hydrogen) atoms. The van der Waals surface area contributed by atoms with E-state index >= 15 is 0 Å². The van der Waals surface area contributed by atoms with E-state index in [4.69, 9.17) is 0 Å². The molecule has 0 radical (unpaired) electrons. The third-order valence-corrected chi connectivity index (χ3v) is 2.21. The Bertz CT molecular complexity index is 560. The molecular weight excluding hydrogens is 257 g/mol. The van der Waals surface area contributed by atoms with Gasteiger partial charge in [0.1, 0.15) is 11.3 Å². The van der Waals surface area contributed by atoms with Crippen LogP contribution in [0.4, 0.5) is 22.0 Å². The fraction of sp³-hybridized carbons (Fsp3) is 0.300. The van der Waals surface area contributed by atoms with Gasteiger partial charge in [-0.05, 0) is 12.1 Å². The van der Waals surface area contributed by atoms with Gasteiger partial charge in [-0.25, -0.2) is 13.8 Å². The number of alkyl halides is 3. The molecule has 2 N–H and O–H groups in total. The molecule has 2 aromatic rings. The summed E-state index contributed by atoms with van der Waals surface area (Å²) < 4.78 is 61.8. The van der Waals surface area contributed by atoms with E-state index in [0.717, 1.165) is 6.07 Å². The first-order valence-corrected chi connectivity index (χ1v) is 4.97. The van der Waals surface area contributed by atoms with Gasteiger partial charge in [0.05, 0.1) is 18.6 Å². The smallest absolute Gasteiger partial charge is 0.341 e. The minimum absolute atomic E-state index is 0.110. The molecule has 0 spiro atoms. The lowest BCUT2D eigenvalue weighted by Gasteiger charge is -2.05. The number of hydrogen-bond acceptors (Lipinski definition) is 2. The molecule has 0 fully saturated rings. The molecule has 0 bridgehead atoms. The van der Waals surface area contributed by atoms with E-state index in [1.54, 1.807) is 0 Å². The quantitative estimate of drug-likeness (QED) is 0.837. The SMILES string of the molecule is Fc1ccc2[nH]c(CNCC(F)(F)F)nc2c1F. The van der Waals surface area contributed by atoms with Gasteiger partial charge in [-0.15, -0.1) is 0 Å². The lowest BCUT2D eigenvalue weighted by Crippen LogP contribution is -2.28. The molecule has 0 saturated carbocycles. The van der Waals surface area contributed by atoms with Crippen LogP contribution in [0.3, 0.4) is 0 Å². The number of nitrogens with zero attached hydrogens (tertiary/aromatic N) is 1. The predicted molar refractivity (Wildman–Crippen MR) is 53.8 cm³/mol. The van der Waals surface area contributed by atoms with Gasteiger partial charge >= 0.3 is 6.18 Å². The molecule has 1 aromatic carbocycles. The summed E-state index contributed by atoms with van der Waals surface area (Å²) in [6.45, 7) is -1.39. The van der Waals surface area contributed by atoms with Crippen molar-refractivity contribution in [2.45, 2.75) is 12.7 Å². The summed E-state index contributed by atoms with van der Waals surface area (Å²) in [6, 6.07) is 2.19. The average Bonchev–Trinajstić information content (AvgIpc) is 2.66. The summed E-state index contributed by atoms with van der Waals surface area (Å²) in [5, 5.41) is 2.10. The van der Waals surface area contributed by atoms with Crippen LogP contribution in [-0.2, 0) is 6.54 Å². The van der Waals surface area contributed by atoms with E-state index in [9.17, 15) is 22.0 Å². The molecule has 1 heterocycles. The molecule has 0 unspecified atom stereocenters. The number of halogens is 5. The maximum atomic E-state index is 13.3. The van der Waals surface area contributed by atoms with Gasteiger partial charge in [0.2, 0.25) is 0 Å². The maximum absolute atomic E-state index is 13.3. The summed E-state index contributed by atoms with van der Waals surface area (Å²) in [6.07, 6.45) is -4.33. The van der Waals surface area contributed by atoms with Crippen molar-refractivity contribution in [3.05, 3.63) is 29.6 Å². The number of fused-ring (bicyclic) bond motifs is 1. The molecule has 98 valence electrons. The molecule has 0 aliphatic carbocycles. The first-order chi connectivity index (χ1) is 8.37. The predicted octanol–water partition coefficient (Wildman–Crippen LogP) is 2.49. The molecular formula is C10H8F5N3. The van der Waals surface area contributed by atoms with E-state index in [2.05, 4.69) is 15.3 Å². The Labute approximate surface area is 98.0 Å². The van der Waals surface area contributed by atoms with E-state index in [1.165, 1.54) is 6.07 Å². The maximum Gasteiger partial charge on any atom is 0.401 e. The highest BCUT2D eigenvalue weighted by Gasteiger charge is 2.26. The summed E-state index contributed by atoms with van der Waals surface area (Å²) in [5.41, 5.74) is 0.0107. The second kappa shape index (κ2) is 4.52. The first-order valence-electron chi connectivity index (χ1n) is 4.97. The topological polar surface area (TPSA) is 40.7 Å². The van der Waals surface area contributed by atoms with Gasteiger partial charge in [0, 0.05) is 0 Å². The zero-order chi connectivity index (χ0) is 13.3. The Morgan fingerprint density at radius 2 is 1.94 bits per heavy atom. The van der Waals surface area contributed by atoms with Crippen LogP contribution in [-0.4, -0.2) is 22.7 Å². The van der Waals surface area contributed by atoms with Crippen molar-refractivity contribution >= 4 is 11.0 Å². The molecule has 0 aliphatic heterocycles. The van der Waals surface area contributed by atoms with Crippen molar-refractivity contribution < 1.29 is 22.0 Å². The Morgan fingerprint density at radius 3 is 2.61 bits per heavy atom. The van der Waals surface area contributed by atoms with Crippen LogP contribution in [0, 0.1) is 11.6 Å². The summed E-state index contributed by atoms with van der Waals surface area (Å²) in [4.78, 5) is 6.29. The van der Waals surface area contributed by atoms with Gasteiger partial charge in [-0.2, -0.15) is 13.2 Å². The number of benzene rings is 1. The van der Waals surface area contributed by atoms with Crippen molar-refractivity contribution in [3.63, 3.8) is 0 Å². The highest BCUT2D eigenvalue weighted by atomic mass is 19.4. The summed E-state index contributed by atoms with van der Waals surface area (Å²) in [5.74, 6) is -2.06. The van der Waals surface area contributed by atoms with Crippen LogP contribution >= 0.6 is 0 Å². The second-order valence-electron chi connectivity index (χ2n) is 3.66. The van der Waals surface area contributed by atoms with Gasteiger partial charge in [-0.3, -0.25) is 0 Å². The minimum Gasteiger partial charge on any atom is -0.341 e. The monoisotopic (exact) mass is 265 g/mol. The number of rotatable bonds is 3. The van der Waals surface area contributed by atoms with Gasteiger partial charge in [-0.1, -0.05) is 0 Å². The summed E-state index contributed by atoms with van der Waals surface area (Å²) in [7, 11) is 0. The standard InChI is InChI=1S/C10H8F5N3/c11-5-1-2-6-9(8(5)12)18-7(17-6)3-16-4-10(13,14)15/h1-2,16H,3-4H2,(H,17,18). The fourth-order valence-electron chi connectivity index (χ4n) is 1.47. The number of aromatic amines is 1. The highest BCUT2D eigenvalue weighted by Crippen LogP contribution is 2.18. The van der Waals surface area contributed by atoms with E-state index in [1.807, 2.05) is 0 Å². The normalized spacial score (nSPS) is 12.3. The van der Waals surface area contributed by atoms with Crippen LogP contribution < -0.4 is 5.32 Å². The van der Waals surface area contributed by atoms with Crippen LogP contribution in [0.5, 0.6) is 0 Å².